The number of hydrogen-bond acceptors (Lipinski definition) is 5. The van der Waals surface area contributed by atoms with E-state index in [1.807, 2.05) is 0 Å². The Bertz CT molecular complexity index is 617. The molecule has 0 aromatic rings. The third-order valence-electron chi connectivity index (χ3n) is 5.09. The molecule has 0 aromatic heterocycles. The van der Waals surface area contributed by atoms with Crippen molar-refractivity contribution >= 4 is 16.1 Å². The molecule has 3 rings (SSSR count). The predicted octanol–water partition coefficient (Wildman–Crippen LogP) is 0.805. The van der Waals surface area contributed by atoms with Crippen molar-refractivity contribution in [2.75, 3.05) is 0 Å². The van der Waals surface area contributed by atoms with Crippen LogP contribution in [0.15, 0.2) is 0 Å². The molecule has 0 aromatic carbocycles. The molecule has 0 saturated heterocycles. The molecular weight excluding hydrogens is 336 g/mol. The molecule has 0 amide bonds. The van der Waals surface area contributed by atoms with Gasteiger partial charge in [-0.25, -0.2) is 9.18 Å². The second kappa shape index (κ2) is 4.12. The largest absolute Gasteiger partial charge is 0.456 e. The molecule has 0 radical (unpaired) electrons. The molecule has 0 heterocycles. The Hall–Kier alpha value is -0.940. The SMILES string of the molecule is O=C(OC12CC3C(O)C(C1)C3C2)C(F)(C(F)(F)F)S(=O)(=O)O. The molecular formula is C11H12F4O6S. The fourth-order valence-electron chi connectivity index (χ4n) is 4.14. The first-order chi connectivity index (χ1) is 9.82. The van der Waals surface area contributed by atoms with Gasteiger partial charge in [0.25, 0.3) is 0 Å². The molecule has 3 fully saturated rings. The highest BCUT2D eigenvalue weighted by molar-refractivity contribution is 7.88. The Labute approximate surface area is 122 Å². The van der Waals surface area contributed by atoms with E-state index in [0.29, 0.717) is 0 Å². The summed E-state index contributed by atoms with van der Waals surface area (Å²) in [6.07, 6.45) is -6.53. The lowest BCUT2D eigenvalue weighted by atomic mass is 9.61. The zero-order valence-electron chi connectivity index (χ0n) is 10.9. The first-order valence-electron chi connectivity index (χ1n) is 6.47. The number of carbonyl (C=O) groups is 1. The molecule has 3 aliphatic rings. The maximum atomic E-state index is 13.9. The normalized spacial score (nSPS) is 42.6. The van der Waals surface area contributed by atoms with E-state index < -0.39 is 39.0 Å². The molecule has 3 unspecified atom stereocenters. The summed E-state index contributed by atoms with van der Waals surface area (Å²) in [6.45, 7) is 0. The third-order valence-corrected chi connectivity index (χ3v) is 6.20. The van der Waals surface area contributed by atoms with E-state index in [-0.39, 0.29) is 37.0 Å². The zero-order chi connectivity index (χ0) is 16.7. The van der Waals surface area contributed by atoms with Crippen molar-refractivity contribution in [3.63, 3.8) is 0 Å². The van der Waals surface area contributed by atoms with E-state index in [1.165, 1.54) is 0 Å². The van der Waals surface area contributed by atoms with Crippen LogP contribution in [0.4, 0.5) is 17.6 Å². The van der Waals surface area contributed by atoms with Gasteiger partial charge in [-0.15, -0.1) is 0 Å². The van der Waals surface area contributed by atoms with Gasteiger partial charge >= 0.3 is 27.3 Å². The molecule has 22 heavy (non-hydrogen) atoms. The molecule has 0 spiro atoms. The molecule has 0 aliphatic heterocycles. The Morgan fingerprint density at radius 3 is 1.91 bits per heavy atom. The van der Waals surface area contributed by atoms with E-state index in [0.717, 1.165) is 0 Å². The number of rotatable bonds is 3. The Balaban J connectivity index is 1.86. The summed E-state index contributed by atoms with van der Waals surface area (Å²) in [4.78, 5) is 11.6. The molecule has 3 atom stereocenters. The van der Waals surface area contributed by atoms with Crippen LogP contribution in [0.1, 0.15) is 19.3 Å². The number of hydrogen-bond donors (Lipinski definition) is 2. The van der Waals surface area contributed by atoms with E-state index >= 15 is 0 Å². The molecule has 126 valence electrons. The highest BCUT2D eigenvalue weighted by Crippen LogP contribution is 2.66. The molecule has 2 bridgehead atoms. The average molecular weight is 348 g/mol. The number of aliphatic hydroxyl groups excluding tert-OH is 1. The molecule has 6 nitrogen and oxygen atoms in total. The van der Waals surface area contributed by atoms with Crippen LogP contribution in [0.2, 0.25) is 0 Å². The zero-order valence-corrected chi connectivity index (χ0v) is 11.7. The Morgan fingerprint density at radius 2 is 1.55 bits per heavy atom. The van der Waals surface area contributed by atoms with Gasteiger partial charge in [0, 0.05) is 0 Å². The van der Waals surface area contributed by atoms with E-state index in [1.54, 1.807) is 0 Å². The van der Waals surface area contributed by atoms with Crippen LogP contribution in [0.25, 0.3) is 0 Å². The van der Waals surface area contributed by atoms with Crippen molar-refractivity contribution in [3.8, 4) is 0 Å². The first kappa shape index (κ1) is 15.9. The summed E-state index contributed by atoms with van der Waals surface area (Å²) >= 11 is 0. The van der Waals surface area contributed by atoms with Gasteiger partial charge < -0.3 is 9.84 Å². The van der Waals surface area contributed by atoms with Crippen LogP contribution in [0.5, 0.6) is 0 Å². The molecule has 2 N–H and O–H groups in total. The van der Waals surface area contributed by atoms with Gasteiger partial charge in [0.15, 0.2) is 0 Å². The van der Waals surface area contributed by atoms with E-state index in [2.05, 4.69) is 4.74 Å². The summed E-state index contributed by atoms with van der Waals surface area (Å²) in [5.74, 6) is -3.18. The van der Waals surface area contributed by atoms with Crippen LogP contribution in [0.3, 0.4) is 0 Å². The molecule has 3 saturated carbocycles. The van der Waals surface area contributed by atoms with Crippen molar-refractivity contribution in [1.82, 2.24) is 0 Å². The third kappa shape index (κ3) is 1.78. The van der Waals surface area contributed by atoms with E-state index in [4.69, 9.17) is 4.55 Å². The quantitative estimate of drug-likeness (QED) is 0.445. The minimum Gasteiger partial charge on any atom is -0.456 e. The lowest BCUT2D eigenvalue weighted by molar-refractivity contribution is -0.226. The van der Waals surface area contributed by atoms with Gasteiger partial charge in [0.05, 0.1) is 6.10 Å². The minimum atomic E-state index is -6.41. The molecule has 3 aliphatic carbocycles. The lowest BCUT2D eigenvalue weighted by Gasteiger charge is -2.48. The van der Waals surface area contributed by atoms with Crippen molar-refractivity contribution in [1.29, 1.82) is 0 Å². The maximum Gasteiger partial charge on any atom is 0.451 e. The van der Waals surface area contributed by atoms with Gasteiger partial charge in [0.1, 0.15) is 5.60 Å². The summed E-state index contributed by atoms with van der Waals surface area (Å²) in [5.41, 5.74) is -1.40. The fourth-order valence-corrected chi connectivity index (χ4v) is 4.68. The predicted molar refractivity (Wildman–Crippen MR) is 60.6 cm³/mol. The second-order valence-corrected chi connectivity index (χ2v) is 7.75. The minimum absolute atomic E-state index is 0.0200. The van der Waals surface area contributed by atoms with Gasteiger partial charge in [-0.3, -0.25) is 4.55 Å². The van der Waals surface area contributed by atoms with Gasteiger partial charge in [-0.2, -0.15) is 21.6 Å². The first-order valence-corrected chi connectivity index (χ1v) is 7.91. The van der Waals surface area contributed by atoms with Crippen LogP contribution >= 0.6 is 0 Å². The monoisotopic (exact) mass is 348 g/mol. The summed E-state index contributed by atoms with van der Waals surface area (Å²) in [6, 6.07) is 0. The fraction of sp³-hybridized carbons (Fsp3) is 0.909. The van der Waals surface area contributed by atoms with Gasteiger partial charge in [0.2, 0.25) is 0 Å². The molecule has 11 heteroatoms. The van der Waals surface area contributed by atoms with Crippen LogP contribution < -0.4 is 0 Å². The number of aliphatic hydroxyl groups is 1. The number of ether oxygens (including phenoxy) is 1. The van der Waals surface area contributed by atoms with Crippen LogP contribution in [-0.2, 0) is 19.6 Å². The summed E-state index contributed by atoms with van der Waals surface area (Å²) in [5, 5.41) is 4.15. The van der Waals surface area contributed by atoms with Gasteiger partial charge in [-0.1, -0.05) is 0 Å². The van der Waals surface area contributed by atoms with Crippen molar-refractivity contribution in [3.05, 3.63) is 0 Å². The highest BCUT2D eigenvalue weighted by atomic mass is 32.2. The van der Waals surface area contributed by atoms with E-state index in [9.17, 15) is 35.9 Å². The standard InChI is InChI=1S/C11H12F4O6S/c12-10(11(13,14)15,22(18,19)20)8(17)21-9-1-4-5(2-9)7(16)6(4)3-9/h4-7,16H,1-3H2,(H,18,19,20). The van der Waals surface area contributed by atoms with Crippen LogP contribution in [-0.4, -0.2) is 46.9 Å². The number of alkyl halides is 4. The smallest absolute Gasteiger partial charge is 0.451 e. The Kier molecular flexibility index (Phi) is 2.98. The lowest BCUT2D eigenvalue weighted by Crippen LogP contribution is -2.58. The summed E-state index contributed by atoms with van der Waals surface area (Å²) in [7, 11) is -6.41. The number of esters is 1. The van der Waals surface area contributed by atoms with Crippen molar-refractivity contribution < 1.29 is 45.2 Å². The topological polar surface area (TPSA) is 101 Å². The van der Waals surface area contributed by atoms with Crippen LogP contribution in [0, 0.1) is 17.8 Å². The van der Waals surface area contributed by atoms with Gasteiger partial charge in [-0.05, 0) is 37.0 Å². The number of fused-ring (bicyclic) bond motifs is 1. The van der Waals surface area contributed by atoms with Crippen molar-refractivity contribution in [2.24, 2.45) is 17.8 Å². The summed E-state index contributed by atoms with van der Waals surface area (Å²) < 4.78 is 86.5. The average Bonchev–Trinajstić information content (AvgIpc) is 2.85. The number of carbonyl (C=O) groups excluding carboxylic acids is 1. The highest BCUT2D eigenvalue weighted by Gasteiger charge is 2.75. The van der Waals surface area contributed by atoms with Crippen molar-refractivity contribution in [2.45, 2.75) is 42.1 Å². The second-order valence-electron chi connectivity index (χ2n) is 6.24. The Morgan fingerprint density at radius 1 is 1.09 bits per heavy atom. The number of halogens is 4. The maximum absolute atomic E-state index is 13.9.